The first-order valence-corrected chi connectivity index (χ1v) is 5.71. The van der Waals surface area contributed by atoms with Crippen LogP contribution in [0.4, 0.5) is 5.82 Å². The van der Waals surface area contributed by atoms with Crippen molar-refractivity contribution in [1.82, 2.24) is 9.78 Å². The van der Waals surface area contributed by atoms with Gasteiger partial charge in [-0.15, -0.1) is 0 Å². The van der Waals surface area contributed by atoms with Crippen LogP contribution in [0.25, 0.3) is 5.69 Å². The fourth-order valence-electron chi connectivity index (χ4n) is 1.72. The molecule has 0 aliphatic carbocycles. The fourth-order valence-corrected chi connectivity index (χ4v) is 1.72. The molecular weight excluding hydrogens is 230 g/mol. The summed E-state index contributed by atoms with van der Waals surface area (Å²) in [6.45, 7) is 4.02. The Kier molecular flexibility index (Phi) is 3.32. The maximum Gasteiger partial charge on any atom is 0.343 e. The zero-order chi connectivity index (χ0) is 13.1. The lowest BCUT2D eigenvalue weighted by Gasteiger charge is -2.07. The molecule has 0 bridgehead atoms. The first kappa shape index (κ1) is 12.2. The average Bonchev–Trinajstić information content (AvgIpc) is 2.72. The highest BCUT2D eigenvalue weighted by molar-refractivity contribution is 5.94. The number of para-hydroxylation sites is 1. The number of nitrogens with two attached hydrogens (primary N) is 1. The van der Waals surface area contributed by atoms with Gasteiger partial charge in [0.15, 0.2) is 0 Å². The third kappa shape index (κ3) is 2.07. The minimum atomic E-state index is -0.449. The van der Waals surface area contributed by atoms with Crippen LogP contribution in [0.15, 0.2) is 30.5 Å². The van der Waals surface area contributed by atoms with E-state index in [-0.39, 0.29) is 0 Å². The number of hydrogen-bond donors (Lipinski definition) is 1. The molecule has 0 radical (unpaired) electrons. The molecule has 2 rings (SSSR count). The lowest BCUT2D eigenvalue weighted by Crippen LogP contribution is -2.09. The molecule has 18 heavy (non-hydrogen) atoms. The molecule has 1 heterocycles. The first-order valence-electron chi connectivity index (χ1n) is 5.71. The topological polar surface area (TPSA) is 70.1 Å². The highest BCUT2D eigenvalue weighted by Crippen LogP contribution is 2.20. The standard InChI is InChI=1S/C13H15N3O2/c1-3-18-13(17)10-8-15-16(12(10)14)11-7-5-4-6-9(11)2/h4-8H,3,14H2,1-2H3. The van der Waals surface area contributed by atoms with Gasteiger partial charge in [-0.05, 0) is 25.5 Å². The molecule has 5 heteroatoms. The number of nitrogen functional groups attached to an aromatic ring is 1. The summed E-state index contributed by atoms with van der Waals surface area (Å²) in [6, 6.07) is 7.69. The second-order valence-electron chi connectivity index (χ2n) is 3.86. The largest absolute Gasteiger partial charge is 0.462 e. The molecule has 0 unspecified atom stereocenters. The van der Waals surface area contributed by atoms with E-state index in [1.54, 1.807) is 11.6 Å². The van der Waals surface area contributed by atoms with E-state index < -0.39 is 5.97 Å². The molecule has 0 saturated heterocycles. The molecule has 0 aliphatic rings. The number of nitrogens with zero attached hydrogens (tertiary/aromatic N) is 2. The van der Waals surface area contributed by atoms with Crippen LogP contribution in [0.3, 0.4) is 0 Å². The van der Waals surface area contributed by atoms with Gasteiger partial charge in [-0.3, -0.25) is 0 Å². The van der Waals surface area contributed by atoms with Crippen LogP contribution in [0.1, 0.15) is 22.8 Å². The predicted octanol–water partition coefficient (Wildman–Crippen LogP) is 1.94. The number of anilines is 1. The Hall–Kier alpha value is -2.30. The van der Waals surface area contributed by atoms with Gasteiger partial charge in [0, 0.05) is 0 Å². The van der Waals surface area contributed by atoms with Gasteiger partial charge in [-0.2, -0.15) is 5.10 Å². The van der Waals surface area contributed by atoms with Crippen LogP contribution in [-0.2, 0) is 4.74 Å². The molecular formula is C13H15N3O2. The molecule has 94 valence electrons. The second kappa shape index (κ2) is 4.91. The minimum Gasteiger partial charge on any atom is -0.462 e. The number of carbonyl (C=O) groups excluding carboxylic acids is 1. The smallest absolute Gasteiger partial charge is 0.343 e. The number of hydrogen-bond acceptors (Lipinski definition) is 4. The van der Waals surface area contributed by atoms with Crippen molar-refractivity contribution < 1.29 is 9.53 Å². The lowest BCUT2D eigenvalue weighted by molar-refractivity contribution is 0.0527. The highest BCUT2D eigenvalue weighted by Gasteiger charge is 2.17. The zero-order valence-corrected chi connectivity index (χ0v) is 10.4. The van der Waals surface area contributed by atoms with Crippen LogP contribution < -0.4 is 5.73 Å². The van der Waals surface area contributed by atoms with Crippen LogP contribution >= 0.6 is 0 Å². The number of carbonyl (C=O) groups is 1. The van der Waals surface area contributed by atoms with Gasteiger partial charge in [0.1, 0.15) is 11.4 Å². The Morgan fingerprint density at radius 1 is 1.44 bits per heavy atom. The van der Waals surface area contributed by atoms with E-state index in [9.17, 15) is 4.79 Å². The molecule has 2 N–H and O–H groups in total. The van der Waals surface area contributed by atoms with Crippen LogP contribution in [0, 0.1) is 6.92 Å². The van der Waals surface area contributed by atoms with Crippen molar-refractivity contribution in [2.75, 3.05) is 12.3 Å². The number of ether oxygens (including phenoxy) is 1. The maximum atomic E-state index is 11.6. The normalized spacial score (nSPS) is 10.3. The molecule has 2 aromatic rings. The summed E-state index contributed by atoms with van der Waals surface area (Å²) >= 11 is 0. The van der Waals surface area contributed by atoms with Gasteiger partial charge in [0.05, 0.1) is 18.5 Å². The Labute approximate surface area is 105 Å². The Morgan fingerprint density at radius 2 is 2.17 bits per heavy atom. The number of aryl methyl sites for hydroxylation is 1. The number of aromatic nitrogens is 2. The number of rotatable bonds is 3. The van der Waals surface area contributed by atoms with E-state index in [1.165, 1.54) is 6.20 Å². The van der Waals surface area contributed by atoms with Crippen molar-refractivity contribution in [3.8, 4) is 5.69 Å². The lowest BCUT2D eigenvalue weighted by atomic mass is 10.2. The number of esters is 1. The van der Waals surface area contributed by atoms with Crippen molar-refractivity contribution in [3.63, 3.8) is 0 Å². The summed E-state index contributed by atoms with van der Waals surface area (Å²) in [7, 11) is 0. The van der Waals surface area contributed by atoms with Crippen molar-refractivity contribution in [3.05, 3.63) is 41.6 Å². The SMILES string of the molecule is CCOC(=O)c1cnn(-c2ccccc2C)c1N. The van der Waals surface area contributed by atoms with Gasteiger partial charge >= 0.3 is 5.97 Å². The van der Waals surface area contributed by atoms with Crippen LogP contribution in [0.5, 0.6) is 0 Å². The Balaban J connectivity index is 2.43. The third-order valence-electron chi connectivity index (χ3n) is 2.65. The second-order valence-corrected chi connectivity index (χ2v) is 3.86. The maximum absolute atomic E-state index is 11.6. The van der Waals surface area contributed by atoms with E-state index in [2.05, 4.69) is 5.10 Å². The molecule has 0 atom stereocenters. The fraction of sp³-hybridized carbons (Fsp3) is 0.231. The molecule has 0 aliphatic heterocycles. The molecule has 0 saturated carbocycles. The van der Waals surface area contributed by atoms with Gasteiger partial charge in [0.2, 0.25) is 0 Å². The summed E-state index contributed by atoms with van der Waals surface area (Å²) in [4.78, 5) is 11.6. The van der Waals surface area contributed by atoms with Crippen molar-refractivity contribution in [2.24, 2.45) is 0 Å². The summed E-state index contributed by atoms with van der Waals surface area (Å²) in [5, 5.41) is 4.14. The highest BCUT2D eigenvalue weighted by atomic mass is 16.5. The molecule has 5 nitrogen and oxygen atoms in total. The van der Waals surface area contributed by atoms with E-state index in [4.69, 9.17) is 10.5 Å². The van der Waals surface area contributed by atoms with E-state index in [1.807, 2.05) is 31.2 Å². The van der Waals surface area contributed by atoms with E-state index in [0.29, 0.717) is 18.0 Å². The summed E-state index contributed by atoms with van der Waals surface area (Å²) in [5.74, 6) is -0.155. The van der Waals surface area contributed by atoms with Crippen molar-refractivity contribution in [1.29, 1.82) is 0 Å². The summed E-state index contributed by atoms with van der Waals surface area (Å²) in [5.41, 5.74) is 8.11. The average molecular weight is 245 g/mol. The van der Waals surface area contributed by atoms with Gasteiger partial charge in [-0.25, -0.2) is 9.48 Å². The zero-order valence-electron chi connectivity index (χ0n) is 10.4. The summed E-state index contributed by atoms with van der Waals surface area (Å²) < 4.78 is 6.46. The third-order valence-corrected chi connectivity index (χ3v) is 2.65. The summed E-state index contributed by atoms with van der Waals surface area (Å²) in [6.07, 6.45) is 1.43. The van der Waals surface area contributed by atoms with Crippen LogP contribution in [-0.4, -0.2) is 22.4 Å². The molecule has 1 aromatic heterocycles. The monoisotopic (exact) mass is 245 g/mol. The van der Waals surface area contributed by atoms with Gasteiger partial charge in [-0.1, -0.05) is 18.2 Å². The minimum absolute atomic E-state index is 0.292. The quantitative estimate of drug-likeness (QED) is 0.839. The van der Waals surface area contributed by atoms with Gasteiger partial charge in [0.25, 0.3) is 0 Å². The predicted molar refractivity (Wildman–Crippen MR) is 68.7 cm³/mol. The molecule has 0 fully saturated rings. The van der Waals surface area contributed by atoms with Crippen molar-refractivity contribution in [2.45, 2.75) is 13.8 Å². The number of benzene rings is 1. The molecule has 0 amide bonds. The van der Waals surface area contributed by atoms with Crippen LogP contribution in [0.2, 0.25) is 0 Å². The molecule has 0 spiro atoms. The first-order chi connectivity index (χ1) is 8.65. The molecule has 1 aromatic carbocycles. The van der Waals surface area contributed by atoms with Crippen molar-refractivity contribution >= 4 is 11.8 Å². The van der Waals surface area contributed by atoms with Gasteiger partial charge < -0.3 is 10.5 Å². The Morgan fingerprint density at radius 3 is 2.83 bits per heavy atom. The Bertz CT molecular complexity index is 575. The van der Waals surface area contributed by atoms with E-state index >= 15 is 0 Å². The van der Waals surface area contributed by atoms with E-state index in [0.717, 1.165) is 11.3 Å².